The first-order valence-corrected chi connectivity index (χ1v) is 6.25. The van der Waals surface area contributed by atoms with E-state index in [1.165, 1.54) is 0 Å². The van der Waals surface area contributed by atoms with Crippen LogP contribution < -0.4 is 10.6 Å². The lowest BCUT2D eigenvalue weighted by molar-refractivity contribution is -0.119. The van der Waals surface area contributed by atoms with Crippen molar-refractivity contribution >= 4 is 11.6 Å². The Bertz CT molecular complexity index is 536. The Morgan fingerprint density at radius 2 is 2.21 bits per heavy atom. The van der Waals surface area contributed by atoms with Crippen molar-refractivity contribution in [1.82, 2.24) is 14.9 Å². The molecular formula is C14H18N4O. The van der Waals surface area contributed by atoms with Gasteiger partial charge in [-0.15, -0.1) is 0 Å². The van der Waals surface area contributed by atoms with Gasteiger partial charge in [-0.2, -0.15) is 0 Å². The molecule has 100 valence electrons. The molecule has 2 N–H and O–H groups in total. The third kappa shape index (κ3) is 3.20. The predicted molar refractivity (Wildman–Crippen MR) is 75.3 cm³/mol. The number of carbonyl (C=O) groups excluding carboxylic acids is 1. The summed E-state index contributed by atoms with van der Waals surface area (Å²) in [7, 11) is 1.84. The zero-order chi connectivity index (χ0) is 13.7. The van der Waals surface area contributed by atoms with Gasteiger partial charge >= 0.3 is 0 Å². The van der Waals surface area contributed by atoms with Crippen molar-refractivity contribution in [3.63, 3.8) is 0 Å². The minimum absolute atomic E-state index is 0.00177. The zero-order valence-corrected chi connectivity index (χ0v) is 11.1. The van der Waals surface area contributed by atoms with Crippen LogP contribution in [-0.2, 0) is 4.79 Å². The maximum Gasteiger partial charge on any atom is 0.228 e. The highest BCUT2D eigenvalue weighted by Gasteiger charge is 2.13. The minimum atomic E-state index is -0.0826. The fourth-order valence-electron chi connectivity index (χ4n) is 1.86. The number of carbonyl (C=O) groups is 1. The van der Waals surface area contributed by atoms with Crippen molar-refractivity contribution in [1.29, 1.82) is 0 Å². The molecule has 5 heteroatoms. The van der Waals surface area contributed by atoms with Gasteiger partial charge in [-0.1, -0.05) is 19.1 Å². The van der Waals surface area contributed by atoms with Crippen molar-refractivity contribution in [2.75, 3.05) is 18.9 Å². The summed E-state index contributed by atoms with van der Waals surface area (Å²) in [6.07, 6.45) is 5.27. The van der Waals surface area contributed by atoms with Gasteiger partial charge < -0.3 is 15.2 Å². The van der Waals surface area contributed by atoms with E-state index in [9.17, 15) is 4.79 Å². The quantitative estimate of drug-likeness (QED) is 0.857. The average molecular weight is 258 g/mol. The highest BCUT2D eigenvalue weighted by atomic mass is 16.1. The van der Waals surface area contributed by atoms with Crippen LogP contribution in [0.25, 0.3) is 5.69 Å². The molecule has 2 rings (SSSR count). The molecule has 0 saturated heterocycles. The highest BCUT2D eigenvalue weighted by Crippen LogP contribution is 2.20. The first-order valence-electron chi connectivity index (χ1n) is 6.25. The average Bonchev–Trinajstić information content (AvgIpc) is 2.93. The SMILES string of the molecule is CNCC(C)C(=O)Nc1ccccc1-n1ccnc1. The molecule has 0 radical (unpaired) electrons. The summed E-state index contributed by atoms with van der Waals surface area (Å²) in [4.78, 5) is 16.1. The summed E-state index contributed by atoms with van der Waals surface area (Å²) in [5.41, 5.74) is 1.69. The van der Waals surface area contributed by atoms with Gasteiger partial charge in [-0.25, -0.2) is 4.98 Å². The lowest BCUT2D eigenvalue weighted by Gasteiger charge is -2.14. The third-order valence-electron chi connectivity index (χ3n) is 2.90. The first kappa shape index (κ1) is 13.3. The van der Waals surface area contributed by atoms with Gasteiger partial charge in [0.2, 0.25) is 5.91 Å². The molecule has 1 heterocycles. The smallest absolute Gasteiger partial charge is 0.228 e. The molecule has 1 atom stereocenters. The van der Waals surface area contributed by atoms with Crippen LogP contribution in [0.5, 0.6) is 0 Å². The van der Waals surface area contributed by atoms with Gasteiger partial charge in [-0.3, -0.25) is 4.79 Å². The molecule has 0 fully saturated rings. The molecule has 5 nitrogen and oxygen atoms in total. The summed E-state index contributed by atoms with van der Waals surface area (Å²) in [6, 6.07) is 7.67. The Kier molecular flexibility index (Phi) is 4.30. The molecule has 1 aromatic carbocycles. The first-order chi connectivity index (χ1) is 9.22. The topological polar surface area (TPSA) is 59.0 Å². The largest absolute Gasteiger partial charge is 0.324 e. The fourth-order valence-corrected chi connectivity index (χ4v) is 1.86. The van der Waals surface area contributed by atoms with E-state index in [0.717, 1.165) is 11.4 Å². The van der Waals surface area contributed by atoms with Gasteiger partial charge in [0, 0.05) is 24.9 Å². The molecular weight excluding hydrogens is 240 g/mol. The van der Waals surface area contributed by atoms with E-state index in [0.29, 0.717) is 6.54 Å². The number of anilines is 1. The molecule has 2 aromatic rings. The van der Waals surface area contributed by atoms with Gasteiger partial charge in [0.25, 0.3) is 0 Å². The summed E-state index contributed by atoms with van der Waals surface area (Å²) >= 11 is 0. The molecule has 19 heavy (non-hydrogen) atoms. The lowest BCUT2D eigenvalue weighted by atomic mass is 10.1. The highest BCUT2D eigenvalue weighted by molar-refractivity contribution is 5.94. The number of para-hydroxylation sites is 2. The van der Waals surface area contributed by atoms with E-state index < -0.39 is 0 Å². The molecule has 0 aliphatic heterocycles. The molecule has 1 aromatic heterocycles. The Hall–Kier alpha value is -2.14. The maximum absolute atomic E-state index is 12.0. The number of nitrogens with one attached hydrogen (secondary N) is 2. The van der Waals surface area contributed by atoms with Gasteiger partial charge in [0.05, 0.1) is 17.7 Å². The van der Waals surface area contributed by atoms with Crippen LogP contribution in [0.3, 0.4) is 0 Å². The van der Waals surface area contributed by atoms with E-state index in [-0.39, 0.29) is 11.8 Å². The monoisotopic (exact) mass is 258 g/mol. The minimum Gasteiger partial charge on any atom is -0.324 e. The van der Waals surface area contributed by atoms with Crippen molar-refractivity contribution in [2.45, 2.75) is 6.92 Å². The Balaban J connectivity index is 2.19. The number of hydrogen-bond donors (Lipinski definition) is 2. The van der Waals surface area contributed by atoms with Gasteiger partial charge in [-0.05, 0) is 19.2 Å². The number of imidazole rings is 1. The second-order valence-corrected chi connectivity index (χ2v) is 4.44. The van der Waals surface area contributed by atoms with Crippen molar-refractivity contribution in [3.8, 4) is 5.69 Å². The Labute approximate surface area is 112 Å². The van der Waals surface area contributed by atoms with Crippen LogP contribution in [0, 0.1) is 5.92 Å². The van der Waals surface area contributed by atoms with Crippen LogP contribution in [0.1, 0.15) is 6.92 Å². The molecule has 0 saturated carbocycles. The third-order valence-corrected chi connectivity index (χ3v) is 2.90. The van der Waals surface area contributed by atoms with E-state index in [1.807, 2.05) is 49.0 Å². The number of aromatic nitrogens is 2. The zero-order valence-electron chi connectivity index (χ0n) is 11.1. The summed E-state index contributed by atoms with van der Waals surface area (Å²) < 4.78 is 1.87. The second-order valence-electron chi connectivity index (χ2n) is 4.44. The van der Waals surface area contributed by atoms with Crippen molar-refractivity contribution in [3.05, 3.63) is 43.0 Å². The lowest BCUT2D eigenvalue weighted by Crippen LogP contribution is -2.28. The van der Waals surface area contributed by atoms with E-state index >= 15 is 0 Å². The molecule has 1 amide bonds. The number of hydrogen-bond acceptors (Lipinski definition) is 3. The van der Waals surface area contributed by atoms with Crippen molar-refractivity contribution < 1.29 is 4.79 Å². The van der Waals surface area contributed by atoms with E-state index in [4.69, 9.17) is 0 Å². The van der Waals surface area contributed by atoms with Crippen LogP contribution in [-0.4, -0.2) is 29.1 Å². The van der Waals surface area contributed by atoms with Crippen LogP contribution in [0.4, 0.5) is 5.69 Å². The summed E-state index contributed by atoms with van der Waals surface area (Å²) in [6.45, 7) is 2.55. The van der Waals surface area contributed by atoms with Crippen LogP contribution in [0.15, 0.2) is 43.0 Å². The summed E-state index contributed by atoms with van der Waals surface area (Å²) in [5.74, 6) is -0.0808. The number of nitrogens with zero attached hydrogens (tertiary/aromatic N) is 2. The predicted octanol–water partition coefficient (Wildman–Crippen LogP) is 1.67. The normalized spacial score (nSPS) is 12.1. The summed E-state index contributed by atoms with van der Waals surface area (Å²) in [5, 5.41) is 5.96. The molecule has 0 aliphatic rings. The number of benzene rings is 1. The standard InChI is InChI=1S/C14H18N4O/c1-11(9-15-2)14(19)17-12-5-3-4-6-13(12)18-8-7-16-10-18/h3-8,10-11,15H,9H2,1-2H3,(H,17,19). The number of amides is 1. The van der Waals surface area contributed by atoms with Crippen LogP contribution in [0.2, 0.25) is 0 Å². The van der Waals surface area contributed by atoms with Gasteiger partial charge in [0.1, 0.15) is 0 Å². The molecule has 0 bridgehead atoms. The fraction of sp³-hybridized carbons (Fsp3) is 0.286. The van der Waals surface area contributed by atoms with Gasteiger partial charge in [0.15, 0.2) is 0 Å². The number of rotatable bonds is 5. The Morgan fingerprint density at radius 1 is 1.42 bits per heavy atom. The van der Waals surface area contributed by atoms with Crippen molar-refractivity contribution in [2.24, 2.45) is 5.92 Å². The maximum atomic E-state index is 12.0. The van der Waals surface area contributed by atoms with E-state index in [2.05, 4.69) is 15.6 Å². The van der Waals surface area contributed by atoms with Crippen LogP contribution >= 0.6 is 0 Å². The second kappa shape index (κ2) is 6.15. The van der Waals surface area contributed by atoms with E-state index in [1.54, 1.807) is 12.5 Å². The molecule has 0 spiro atoms. The molecule has 1 unspecified atom stereocenters. The molecule has 0 aliphatic carbocycles. The Morgan fingerprint density at radius 3 is 2.89 bits per heavy atom.